The molecule has 2 unspecified atom stereocenters. The zero-order chi connectivity index (χ0) is 8.85. The topological polar surface area (TPSA) is 75.7 Å². The highest BCUT2D eigenvalue weighted by molar-refractivity contribution is 7.31. The second kappa shape index (κ2) is 5.04. The van der Waals surface area contributed by atoms with Gasteiger partial charge in [-0.3, -0.25) is 0 Å². The predicted octanol–water partition coefficient (Wildman–Crippen LogP) is 0.956. The van der Waals surface area contributed by atoms with Gasteiger partial charge in [-0.2, -0.15) is 9.32 Å². The van der Waals surface area contributed by atoms with Gasteiger partial charge in [-0.15, -0.1) is 0 Å². The number of hydrogen-bond donors (Lipinski definition) is 0. The molecule has 0 aliphatic carbocycles. The molecule has 0 heterocycles. The van der Waals surface area contributed by atoms with Crippen LogP contribution in [0.4, 0.5) is 4.79 Å². The fourth-order valence-electron chi connectivity index (χ4n) is 0.330. The number of hydrogen-bond acceptors (Lipinski definition) is 5. The van der Waals surface area contributed by atoms with Crippen molar-refractivity contribution in [2.45, 2.75) is 26.4 Å². The van der Waals surface area contributed by atoms with Gasteiger partial charge in [-0.25, -0.2) is 0 Å². The van der Waals surface area contributed by atoms with Crippen LogP contribution in [0.5, 0.6) is 0 Å². The van der Waals surface area contributed by atoms with E-state index in [1.807, 2.05) is 0 Å². The highest BCUT2D eigenvalue weighted by Gasteiger charge is 2.16. The van der Waals surface area contributed by atoms with Crippen molar-refractivity contribution in [2.75, 3.05) is 0 Å². The number of carbonyl (C=O) groups excluding carboxylic acids is 1. The molecule has 0 spiro atoms. The van der Waals surface area contributed by atoms with Crippen molar-refractivity contribution in [1.82, 2.24) is 0 Å². The Balaban J connectivity index is 3.60. The minimum atomic E-state index is -3.15. The lowest BCUT2D eigenvalue weighted by Gasteiger charge is -2.05. The van der Waals surface area contributed by atoms with Crippen molar-refractivity contribution in [3.63, 3.8) is 0 Å². The Bertz CT molecular complexity index is 157. The van der Waals surface area contributed by atoms with Gasteiger partial charge < -0.3 is 9.63 Å². The molecular formula is C5H9O5P. The molecule has 6 heteroatoms. The largest absolute Gasteiger partial charge is 0.558 e. The minimum Gasteiger partial charge on any atom is -0.558 e. The van der Waals surface area contributed by atoms with Gasteiger partial charge in [0, 0.05) is 0 Å². The fourth-order valence-corrected chi connectivity index (χ4v) is 0.495. The third-order valence-electron chi connectivity index (χ3n) is 1.02. The maximum atomic E-state index is 10.4. The zero-order valence-electron chi connectivity index (χ0n) is 6.27. The van der Waals surface area contributed by atoms with Crippen molar-refractivity contribution >= 4 is 14.4 Å². The van der Waals surface area contributed by atoms with Crippen LogP contribution in [0, 0.1) is 0 Å². The maximum absolute atomic E-state index is 10.4. The van der Waals surface area contributed by atoms with Gasteiger partial charge in [0.2, 0.25) is 0 Å². The van der Waals surface area contributed by atoms with Crippen LogP contribution in [0.3, 0.4) is 0 Å². The average Bonchev–Trinajstić information content (AvgIpc) is 1.85. The van der Waals surface area contributed by atoms with E-state index in [4.69, 9.17) is 0 Å². The molecule has 0 amide bonds. The summed E-state index contributed by atoms with van der Waals surface area (Å²) in [6.45, 7) is 3.44. The van der Waals surface area contributed by atoms with E-state index < -0.39 is 14.4 Å². The monoisotopic (exact) mass is 180 g/mol. The molecule has 0 saturated carbocycles. The molecule has 0 rings (SSSR count). The molecule has 0 aromatic heterocycles. The standard InChI is InChI=1S/C5H9O5P/c1-3-4(2)9-5(6)10-11(7)8/h4H,3H2,1-2H3. The molecule has 64 valence electrons. The Morgan fingerprint density at radius 3 is 2.64 bits per heavy atom. The predicted molar refractivity (Wildman–Crippen MR) is 34.9 cm³/mol. The first-order chi connectivity index (χ1) is 5.06. The normalized spacial score (nSPS) is 13.5. The molecule has 0 aromatic carbocycles. The van der Waals surface area contributed by atoms with Crippen LogP contribution in [-0.4, -0.2) is 12.3 Å². The van der Waals surface area contributed by atoms with Gasteiger partial charge in [0.05, 0.1) is 0 Å². The molecule has 5 nitrogen and oxygen atoms in total. The number of carbonyl (C=O) groups is 1. The Kier molecular flexibility index (Phi) is 4.74. The fraction of sp³-hybridized carbons (Fsp3) is 0.800. The van der Waals surface area contributed by atoms with Crippen LogP contribution >= 0.6 is 8.25 Å². The summed E-state index contributed by atoms with van der Waals surface area (Å²) in [5, 5.41) is 0. The Morgan fingerprint density at radius 1 is 1.73 bits per heavy atom. The van der Waals surface area contributed by atoms with Gasteiger partial charge in [0.15, 0.2) is 0 Å². The van der Waals surface area contributed by atoms with E-state index in [2.05, 4.69) is 9.26 Å². The SMILES string of the molecule is CCC(C)OC(=O)O[P+](=O)[O-]. The second-order valence-electron chi connectivity index (χ2n) is 1.90. The molecule has 0 radical (unpaired) electrons. The Hall–Kier alpha value is -0.670. The summed E-state index contributed by atoms with van der Waals surface area (Å²) >= 11 is 0. The molecule has 0 bridgehead atoms. The van der Waals surface area contributed by atoms with Gasteiger partial charge in [-0.1, -0.05) is 6.92 Å². The molecule has 0 aliphatic heterocycles. The molecule has 0 aromatic rings. The van der Waals surface area contributed by atoms with Crippen LogP contribution in [0.15, 0.2) is 0 Å². The lowest BCUT2D eigenvalue weighted by molar-refractivity contribution is -0.182. The summed E-state index contributed by atoms with van der Waals surface area (Å²) in [5.74, 6) is 0. The summed E-state index contributed by atoms with van der Waals surface area (Å²) in [6.07, 6.45) is -0.877. The first kappa shape index (κ1) is 10.3. The Morgan fingerprint density at radius 2 is 2.27 bits per heavy atom. The number of ether oxygens (including phenoxy) is 1. The van der Waals surface area contributed by atoms with Gasteiger partial charge in [0.1, 0.15) is 6.10 Å². The van der Waals surface area contributed by atoms with E-state index in [9.17, 15) is 14.3 Å². The summed E-state index contributed by atoms with van der Waals surface area (Å²) in [5.41, 5.74) is 0. The highest BCUT2D eigenvalue weighted by atomic mass is 31.1. The lowest BCUT2D eigenvalue weighted by Crippen LogP contribution is -2.13. The summed E-state index contributed by atoms with van der Waals surface area (Å²) in [4.78, 5) is 20.2. The van der Waals surface area contributed by atoms with E-state index >= 15 is 0 Å². The highest BCUT2D eigenvalue weighted by Crippen LogP contribution is 2.11. The van der Waals surface area contributed by atoms with Crippen molar-refractivity contribution in [1.29, 1.82) is 0 Å². The van der Waals surface area contributed by atoms with Gasteiger partial charge >= 0.3 is 14.4 Å². The van der Waals surface area contributed by atoms with Crippen molar-refractivity contribution in [3.05, 3.63) is 0 Å². The second-order valence-corrected chi connectivity index (χ2v) is 2.53. The average molecular weight is 180 g/mol. The van der Waals surface area contributed by atoms with Crippen LogP contribution < -0.4 is 4.89 Å². The molecule has 11 heavy (non-hydrogen) atoms. The van der Waals surface area contributed by atoms with Crippen LogP contribution in [0.25, 0.3) is 0 Å². The number of rotatable bonds is 3. The minimum absolute atomic E-state index is 0.322. The lowest BCUT2D eigenvalue weighted by atomic mass is 10.3. The quantitative estimate of drug-likeness (QED) is 0.477. The molecular weight excluding hydrogens is 171 g/mol. The third-order valence-corrected chi connectivity index (χ3v) is 1.32. The van der Waals surface area contributed by atoms with Crippen molar-refractivity contribution in [3.8, 4) is 0 Å². The van der Waals surface area contributed by atoms with Gasteiger partial charge in [0.25, 0.3) is 0 Å². The smallest absolute Gasteiger partial charge is 0.556 e. The zero-order valence-corrected chi connectivity index (χ0v) is 7.17. The van der Waals surface area contributed by atoms with Crippen molar-refractivity contribution < 1.29 is 23.5 Å². The van der Waals surface area contributed by atoms with E-state index in [-0.39, 0.29) is 6.10 Å². The molecule has 0 N–H and O–H groups in total. The maximum Gasteiger partial charge on any atom is 0.556 e. The van der Waals surface area contributed by atoms with Crippen LogP contribution in [-0.2, 0) is 13.8 Å². The summed E-state index contributed by atoms with van der Waals surface area (Å²) in [6, 6.07) is 0. The van der Waals surface area contributed by atoms with Crippen LogP contribution in [0.1, 0.15) is 20.3 Å². The molecule has 0 fully saturated rings. The first-order valence-electron chi connectivity index (χ1n) is 3.09. The summed E-state index contributed by atoms with van der Waals surface area (Å²) in [7, 11) is -3.15. The summed E-state index contributed by atoms with van der Waals surface area (Å²) < 4.78 is 18.0. The molecule has 0 aliphatic rings. The van der Waals surface area contributed by atoms with E-state index in [0.717, 1.165) is 0 Å². The first-order valence-corrected chi connectivity index (χ1v) is 4.18. The van der Waals surface area contributed by atoms with Gasteiger partial charge in [-0.05, 0) is 17.9 Å². The van der Waals surface area contributed by atoms with E-state index in [1.54, 1.807) is 13.8 Å². The Labute approximate surface area is 65.3 Å². The van der Waals surface area contributed by atoms with E-state index in [0.29, 0.717) is 6.42 Å². The van der Waals surface area contributed by atoms with Crippen molar-refractivity contribution in [2.24, 2.45) is 0 Å². The third kappa shape index (κ3) is 5.76. The van der Waals surface area contributed by atoms with Crippen LogP contribution in [0.2, 0.25) is 0 Å². The molecule has 2 atom stereocenters. The molecule has 0 saturated heterocycles. The van der Waals surface area contributed by atoms with E-state index in [1.165, 1.54) is 0 Å².